The van der Waals surface area contributed by atoms with E-state index >= 15 is 0 Å². The zero-order chi connectivity index (χ0) is 13.2. The first-order chi connectivity index (χ1) is 9.26. The lowest BCUT2D eigenvalue weighted by Gasteiger charge is -2.17. The van der Waals surface area contributed by atoms with E-state index < -0.39 is 0 Å². The smallest absolute Gasteiger partial charge is 0.252 e. The van der Waals surface area contributed by atoms with E-state index in [4.69, 9.17) is 14.2 Å². The summed E-state index contributed by atoms with van der Waals surface area (Å²) in [5.74, 6) is 1.19. The second-order valence-electron chi connectivity index (χ2n) is 3.96. The number of thiazole rings is 1. The summed E-state index contributed by atoms with van der Waals surface area (Å²) in [5, 5.41) is 3.23. The van der Waals surface area contributed by atoms with Gasteiger partial charge in [0.25, 0.3) is 5.91 Å². The fraction of sp³-hybridized carbons (Fsp3) is 0.333. The van der Waals surface area contributed by atoms with Crippen LogP contribution in [0.4, 0.5) is 5.13 Å². The van der Waals surface area contributed by atoms with Crippen LogP contribution in [0.2, 0.25) is 0 Å². The number of hydrogen-bond donors (Lipinski definition) is 1. The van der Waals surface area contributed by atoms with Crippen LogP contribution in [0, 0.1) is 0 Å². The standard InChI is InChI=1S/C12H12N2O4S/c1-16-6-11(15)14-12-13-7-4-8-9(5-10(7)19-12)18-3-2-17-8/h4-5H,2-3,6H2,1H3,(H,13,14,15). The molecule has 2 heterocycles. The maximum Gasteiger partial charge on any atom is 0.252 e. The summed E-state index contributed by atoms with van der Waals surface area (Å²) in [6.07, 6.45) is 0. The first-order valence-corrected chi connectivity index (χ1v) is 6.57. The number of ether oxygens (including phenoxy) is 3. The molecule has 1 aromatic heterocycles. The largest absolute Gasteiger partial charge is 0.486 e. The SMILES string of the molecule is COCC(=O)Nc1nc2cc3c(cc2s1)OCCO3. The Morgan fingerprint density at radius 1 is 1.42 bits per heavy atom. The zero-order valence-electron chi connectivity index (χ0n) is 10.3. The molecule has 0 saturated heterocycles. The molecular formula is C12H12N2O4S. The van der Waals surface area contributed by atoms with Crippen LogP contribution in [0.15, 0.2) is 12.1 Å². The number of fused-ring (bicyclic) bond motifs is 2. The second kappa shape index (κ2) is 5.02. The van der Waals surface area contributed by atoms with Crippen molar-refractivity contribution in [2.45, 2.75) is 0 Å². The van der Waals surface area contributed by atoms with E-state index in [-0.39, 0.29) is 12.5 Å². The Bertz CT molecular complexity index is 582. The van der Waals surface area contributed by atoms with Crippen molar-refractivity contribution in [3.63, 3.8) is 0 Å². The van der Waals surface area contributed by atoms with Gasteiger partial charge in [-0.25, -0.2) is 4.98 Å². The van der Waals surface area contributed by atoms with Gasteiger partial charge in [-0.2, -0.15) is 0 Å². The number of hydrogen-bond acceptors (Lipinski definition) is 6. The van der Waals surface area contributed by atoms with E-state index in [0.29, 0.717) is 24.1 Å². The molecule has 0 aliphatic carbocycles. The van der Waals surface area contributed by atoms with Crippen molar-refractivity contribution in [3.8, 4) is 11.5 Å². The summed E-state index contributed by atoms with van der Waals surface area (Å²) >= 11 is 1.39. The third-order valence-electron chi connectivity index (χ3n) is 2.57. The predicted octanol–water partition coefficient (Wildman–Crippen LogP) is 1.65. The molecule has 1 amide bonds. The fourth-order valence-corrected chi connectivity index (χ4v) is 2.70. The highest BCUT2D eigenvalue weighted by atomic mass is 32.1. The van der Waals surface area contributed by atoms with Gasteiger partial charge >= 0.3 is 0 Å². The minimum absolute atomic E-state index is 0.0125. The molecule has 1 aliphatic rings. The Labute approximate surface area is 113 Å². The molecule has 2 aromatic rings. The van der Waals surface area contributed by atoms with E-state index in [1.807, 2.05) is 12.1 Å². The van der Waals surface area contributed by atoms with Crippen LogP contribution < -0.4 is 14.8 Å². The number of carbonyl (C=O) groups is 1. The van der Waals surface area contributed by atoms with Crippen LogP contribution in [0.25, 0.3) is 10.2 Å². The van der Waals surface area contributed by atoms with Crippen LogP contribution in [-0.2, 0) is 9.53 Å². The molecule has 1 N–H and O–H groups in total. The van der Waals surface area contributed by atoms with Gasteiger partial charge in [-0.1, -0.05) is 11.3 Å². The molecule has 6 nitrogen and oxygen atoms in total. The average Bonchev–Trinajstić information content (AvgIpc) is 2.77. The van der Waals surface area contributed by atoms with Crippen LogP contribution in [0.1, 0.15) is 0 Å². The summed E-state index contributed by atoms with van der Waals surface area (Å²) in [7, 11) is 1.47. The Morgan fingerprint density at radius 3 is 2.89 bits per heavy atom. The molecule has 0 saturated carbocycles. The Hall–Kier alpha value is -1.86. The van der Waals surface area contributed by atoms with Gasteiger partial charge in [-0.05, 0) is 0 Å². The monoisotopic (exact) mass is 280 g/mol. The topological polar surface area (TPSA) is 69.7 Å². The van der Waals surface area contributed by atoms with Crippen molar-refractivity contribution in [2.24, 2.45) is 0 Å². The molecule has 1 aliphatic heterocycles. The third kappa shape index (κ3) is 2.47. The lowest BCUT2D eigenvalue weighted by Crippen LogP contribution is -2.16. The Kier molecular flexibility index (Phi) is 3.22. The minimum Gasteiger partial charge on any atom is -0.486 e. The molecule has 0 unspecified atom stereocenters. The summed E-state index contributed by atoms with van der Waals surface area (Å²) in [5.41, 5.74) is 0.780. The number of carbonyl (C=O) groups excluding carboxylic acids is 1. The molecule has 19 heavy (non-hydrogen) atoms. The first kappa shape index (κ1) is 12.2. The molecule has 0 radical (unpaired) electrons. The quantitative estimate of drug-likeness (QED) is 0.925. The number of amides is 1. The third-order valence-corrected chi connectivity index (χ3v) is 3.51. The number of benzene rings is 1. The van der Waals surface area contributed by atoms with Crippen LogP contribution in [0.5, 0.6) is 11.5 Å². The van der Waals surface area contributed by atoms with Gasteiger partial charge in [0.15, 0.2) is 16.6 Å². The van der Waals surface area contributed by atoms with Crippen molar-refractivity contribution >= 4 is 32.6 Å². The number of aromatic nitrogens is 1. The molecule has 0 fully saturated rings. The molecule has 0 bridgehead atoms. The van der Waals surface area contributed by atoms with Gasteiger partial charge in [0, 0.05) is 19.2 Å². The molecular weight excluding hydrogens is 268 g/mol. The number of nitrogens with zero attached hydrogens (tertiary/aromatic N) is 1. The number of rotatable bonds is 3. The van der Waals surface area contributed by atoms with Crippen LogP contribution in [-0.4, -0.2) is 37.8 Å². The summed E-state index contributed by atoms with van der Waals surface area (Å²) in [4.78, 5) is 15.8. The lowest BCUT2D eigenvalue weighted by atomic mass is 10.3. The highest BCUT2D eigenvalue weighted by molar-refractivity contribution is 7.22. The van der Waals surface area contributed by atoms with E-state index in [1.165, 1.54) is 18.4 Å². The Morgan fingerprint density at radius 2 is 2.16 bits per heavy atom. The second-order valence-corrected chi connectivity index (χ2v) is 4.99. The van der Waals surface area contributed by atoms with Crippen molar-refractivity contribution in [2.75, 3.05) is 32.2 Å². The predicted molar refractivity (Wildman–Crippen MR) is 71.1 cm³/mol. The highest BCUT2D eigenvalue weighted by Crippen LogP contribution is 2.37. The van der Waals surface area contributed by atoms with Crippen molar-refractivity contribution in [1.29, 1.82) is 0 Å². The number of nitrogens with one attached hydrogen (secondary N) is 1. The summed E-state index contributed by atoms with van der Waals surface area (Å²) in [6.45, 7) is 1.10. The van der Waals surface area contributed by atoms with Crippen LogP contribution in [0.3, 0.4) is 0 Å². The van der Waals surface area contributed by atoms with Crippen molar-refractivity contribution in [3.05, 3.63) is 12.1 Å². The number of methoxy groups -OCH3 is 1. The van der Waals surface area contributed by atoms with E-state index in [9.17, 15) is 4.79 Å². The normalized spacial score (nSPS) is 13.5. The molecule has 3 rings (SSSR count). The first-order valence-electron chi connectivity index (χ1n) is 5.75. The van der Waals surface area contributed by atoms with Gasteiger partial charge in [-0.15, -0.1) is 0 Å². The van der Waals surface area contributed by atoms with Crippen molar-refractivity contribution < 1.29 is 19.0 Å². The van der Waals surface area contributed by atoms with Crippen LogP contribution >= 0.6 is 11.3 Å². The van der Waals surface area contributed by atoms with E-state index in [1.54, 1.807) is 0 Å². The number of anilines is 1. The summed E-state index contributed by atoms with van der Waals surface area (Å²) in [6, 6.07) is 3.71. The van der Waals surface area contributed by atoms with E-state index in [0.717, 1.165) is 16.0 Å². The zero-order valence-corrected chi connectivity index (χ0v) is 11.1. The maximum atomic E-state index is 11.4. The highest BCUT2D eigenvalue weighted by Gasteiger charge is 2.15. The molecule has 1 aromatic carbocycles. The fourth-order valence-electron chi connectivity index (χ4n) is 1.80. The summed E-state index contributed by atoms with van der Waals surface area (Å²) < 4.78 is 16.7. The molecule has 0 spiro atoms. The van der Waals surface area contributed by atoms with Gasteiger partial charge in [0.2, 0.25) is 0 Å². The van der Waals surface area contributed by atoms with Gasteiger partial charge in [0.05, 0.1) is 10.2 Å². The molecule has 100 valence electrons. The molecule has 0 atom stereocenters. The van der Waals surface area contributed by atoms with E-state index in [2.05, 4.69) is 10.3 Å². The van der Waals surface area contributed by atoms with Gasteiger partial charge in [0.1, 0.15) is 19.8 Å². The van der Waals surface area contributed by atoms with Gasteiger partial charge < -0.3 is 14.2 Å². The Balaban J connectivity index is 1.90. The van der Waals surface area contributed by atoms with Gasteiger partial charge in [-0.3, -0.25) is 10.1 Å². The lowest BCUT2D eigenvalue weighted by molar-refractivity contribution is -0.119. The maximum absolute atomic E-state index is 11.4. The van der Waals surface area contributed by atoms with Crippen molar-refractivity contribution in [1.82, 2.24) is 4.98 Å². The molecule has 7 heteroatoms. The minimum atomic E-state index is -0.223. The average molecular weight is 280 g/mol.